The molecule has 2 saturated heterocycles. The molecule has 142 valence electrons. The van der Waals surface area contributed by atoms with Crippen LogP contribution in [-0.4, -0.2) is 54.5 Å². The van der Waals surface area contributed by atoms with Crippen molar-refractivity contribution in [2.75, 3.05) is 32.7 Å². The van der Waals surface area contributed by atoms with Crippen LogP contribution < -0.4 is 5.73 Å². The van der Waals surface area contributed by atoms with Gasteiger partial charge in [0.15, 0.2) is 0 Å². The van der Waals surface area contributed by atoms with E-state index >= 15 is 0 Å². The van der Waals surface area contributed by atoms with E-state index in [1.165, 1.54) is 32.4 Å². The minimum absolute atomic E-state index is 0. The summed E-state index contributed by atoms with van der Waals surface area (Å²) in [6.45, 7) is 5.38. The van der Waals surface area contributed by atoms with E-state index in [-0.39, 0.29) is 30.7 Å². The fraction of sp³-hybridized carbons (Fsp3) is 0.632. The summed E-state index contributed by atoms with van der Waals surface area (Å²) in [4.78, 5) is 17.1. The number of nitrogens with zero attached hydrogens (tertiary/aromatic N) is 2. The lowest BCUT2D eigenvalue weighted by Crippen LogP contribution is -2.44. The monoisotopic (exact) mass is 387 g/mol. The molecule has 25 heavy (non-hydrogen) atoms. The van der Waals surface area contributed by atoms with Gasteiger partial charge < -0.3 is 15.5 Å². The Bertz CT molecular complexity index is 509. The number of hydrogen-bond acceptors (Lipinski definition) is 3. The third kappa shape index (κ3) is 6.45. The van der Waals surface area contributed by atoms with Crippen LogP contribution in [0, 0.1) is 5.92 Å². The number of hydrogen-bond donors (Lipinski definition) is 1. The second-order valence-electron chi connectivity index (χ2n) is 7.10. The number of nitrogens with two attached hydrogens (primary N) is 1. The van der Waals surface area contributed by atoms with Gasteiger partial charge in [0.05, 0.1) is 6.04 Å². The summed E-state index contributed by atoms with van der Waals surface area (Å²) in [5, 5.41) is 0. The molecule has 2 unspecified atom stereocenters. The molecule has 2 fully saturated rings. The number of amides is 1. The molecule has 6 heteroatoms. The SMILES string of the molecule is Cl.Cl.NC(Cc1ccccc1)C(=O)N1CCC(CN2CCCCC2)C1. The Hall–Kier alpha value is -0.810. The summed E-state index contributed by atoms with van der Waals surface area (Å²) in [5.41, 5.74) is 7.29. The van der Waals surface area contributed by atoms with Gasteiger partial charge in [0.25, 0.3) is 0 Å². The molecule has 4 nitrogen and oxygen atoms in total. The van der Waals surface area contributed by atoms with Crippen LogP contribution in [0.15, 0.2) is 30.3 Å². The Morgan fingerprint density at radius 3 is 2.44 bits per heavy atom. The summed E-state index contributed by atoms with van der Waals surface area (Å²) in [6.07, 6.45) is 5.79. The first kappa shape index (κ1) is 22.2. The average molecular weight is 388 g/mol. The number of likely N-dealkylation sites (tertiary alicyclic amines) is 2. The van der Waals surface area contributed by atoms with Gasteiger partial charge in [0.2, 0.25) is 5.91 Å². The molecule has 0 aliphatic carbocycles. The van der Waals surface area contributed by atoms with Crippen molar-refractivity contribution in [2.24, 2.45) is 11.7 Å². The molecule has 2 aliphatic rings. The van der Waals surface area contributed by atoms with Crippen molar-refractivity contribution in [2.45, 2.75) is 38.1 Å². The van der Waals surface area contributed by atoms with Gasteiger partial charge in [-0.2, -0.15) is 0 Å². The smallest absolute Gasteiger partial charge is 0.239 e. The Kier molecular flexibility index (Phi) is 9.80. The Balaban J connectivity index is 0.00000156. The maximum Gasteiger partial charge on any atom is 0.239 e. The maximum atomic E-state index is 12.6. The molecular formula is C19H31Cl2N3O. The molecule has 2 heterocycles. The molecule has 1 aromatic rings. The third-order valence-corrected chi connectivity index (χ3v) is 5.18. The van der Waals surface area contributed by atoms with Crippen LogP contribution in [0.25, 0.3) is 0 Å². The first-order valence-corrected chi connectivity index (χ1v) is 9.03. The predicted molar refractivity (Wildman–Crippen MR) is 108 cm³/mol. The minimum atomic E-state index is -0.411. The van der Waals surface area contributed by atoms with Crippen LogP contribution in [0.3, 0.4) is 0 Å². The summed E-state index contributed by atoms with van der Waals surface area (Å²) < 4.78 is 0. The molecule has 2 aliphatic heterocycles. The molecule has 0 saturated carbocycles. The Labute approximate surface area is 163 Å². The Morgan fingerprint density at radius 1 is 1.08 bits per heavy atom. The molecule has 3 rings (SSSR count). The average Bonchev–Trinajstić information content (AvgIpc) is 3.04. The van der Waals surface area contributed by atoms with Gasteiger partial charge >= 0.3 is 0 Å². The van der Waals surface area contributed by atoms with E-state index in [0.717, 1.165) is 31.6 Å². The number of rotatable bonds is 5. The molecule has 0 spiro atoms. The lowest BCUT2D eigenvalue weighted by molar-refractivity contribution is -0.131. The number of halogens is 2. The van der Waals surface area contributed by atoms with Crippen molar-refractivity contribution in [1.82, 2.24) is 9.80 Å². The van der Waals surface area contributed by atoms with Gasteiger partial charge in [-0.25, -0.2) is 0 Å². The summed E-state index contributed by atoms with van der Waals surface area (Å²) >= 11 is 0. The highest BCUT2D eigenvalue weighted by molar-refractivity contribution is 5.85. The van der Waals surface area contributed by atoms with Crippen LogP contribution >= 0.6 is 24.8 Å². The molecule has 2 N–H and O–H groups in total. The van der Waals surface area contributed by atoms with E-state index in [4.69, 9.17) is 5.73 Å². The van der Waals surface area contributed by atoms with Crippen LogP contribution in [0.5, 0.6) is 0 Å². The van der Waals surface area contributed by atoms with Crippen molar-refractivity contribution in [3.8, 4) is 0 Å². The molecule has 0 aromatic heterocycles. The second kappa shape index (κ2) is 11.0. The first-order valence-electron chi connectivity index (χ1n) is 9.03. The second-order valence-corrected chi connectivity index (χ2v) is 7.10. The molecule has 0 radical (unpaired) electrons. The molecule has 1 aromatic carbocycles. The summed E-state index contributed by atoms with van der Waals surface area (Å²) in [7, 11) is 0. The number of carbonyl (C=O) groups excluding carboxylic acids is 1. The van der Waals surface area contributed by atoms with Gasteiger partial charge in [-0.05, 0) is 50.3 Å². The first-order chi connectivity index (χ1) is 11.2. The lowest BCUT2D eigenvalue weighted by atomic mass is 10.1. The van der Waals surface area contributed by atoms with E-state index < -0.39 is 6.04 Å². The highest BCUT2D eigenvalue weighted by atomic mass is 35.5. The van der Waals surface area contributed by atoms with Gasteiger partial charge in [-0.3, -0.25) is 4.79 Å². The van der Waals surface area contributed by atoms with Crippen LogP contribution in [0.1, 0.15) is 31.2 Å². The van der Waals surface area contributed by atoms with E-state index in [0.29, 0.717) is 12.3 Å². The Morgan fingerprint density at radius 2 is 1.76 bits per heavy atom. The molecule has 2 atom stereocenters. The number of piperidine rings is 1. The van der Waals surface area contributed by atoms with Gasteiger partial charge in [-0.1, -0.05) is 36.8 Å². The molecular weight excluding hydrogens is 357 g/mol. The zero-order valence-corrected chi connectivity index (χ0v) is 16.4. The fourth-order valence-corrected chi connectivity index (χ4v) is 3.88. The number of carbonyl (C=O) groups is 1. The number of benzene rings is 1. The topological polar surface area (TPSA) is 49.6 Å². The van der Waals surface area contributed by atoms with E-state index in [1.807, 2.05) is 35.2 Å². The zero-order chi connectivity index (χ0) is 16.1. The minimum Gasteiger partial charge on any atom is -0.341 e. The summed E-state index contributed by atoms with van der Waals surface area (Å²) in [5.74, 6) is 0.746. The van der Waals surface area contributed by atoms with Crippen LogP contribution in [0.2, 0.25) is 0 Å². The third-order valence-electron chi connectivity index (χ3n) is 5.18. The lowest BCUT2D eigenvalue weighted by Gasteiger charge is -2.29. The van der Waals surface area contributed by atoms with Gasteiger partial charge in [0, 0.05) is 19.6 Å². The standard InChI is InChI=1S/C19H29N3O.2ClH/c20-18(13-16-7-3-1-4-8-16)19(23)22-12-9-17(15-22)14-21-10-5-2-6-11-21;;/h1,3-4,7-8,17-18H,2,5-6,9-15,20H2;2*1H. The van der Waals surface area contributed by atoms with E-state index in [9.17, 15) is 4.79 Å². The van der Waals surface area contributed by atoms with Crippen molar-refractivity contribution in [3.05, 3.63) is 35.9 Å². The predicted octanol–water partition coefficient (Wildman–Crippen LogP) is 2.73. The van der Waals surface area contributed by atoms with Crippen molar-refractivity contribution < 1.29 is 4.79 Å². The van der Waals surface area contributed by atoms with Gasteiger partial charge in [0.1, 0.15) is 0 Å². The summed E-state index contributed by atoms with van der Waals surface area (Å²) in [6, 6.07) is 9.65. The van der Waals surface area contributed by atoms with Crippen LogP contribution in [-0.2, 0) is 11.2 Å². The highest BCUT2D eigenvalue weighted by Gasteiger charge is 2.30. The van der Waals surface area contributed by atoms with Crippen molar-refractivity contribution in [1.29, 1.82) is 0 Å². The van der Waals surface area contributed by atoms with Crippen molar-refractivity contribution >= 4 is 30.7 Å². The maximum absolute atomic E-state index is 12.6. The molecule has 0 bridgehead atoms. The van der Waals surface area contributed by atoms with Crippen molar-refractivity contribution in [3.63, 3.8) is 0 Å². The quantitative estimate of drug-likeness (QED) is 0.844. The fourth-order valence-electron chi connectivity index (χ4n) is 3.88. The van der Waals surface area contributed by atoms with E-state index in [2.05, 4.69) is 4.90 Å². The van der Waals surface area contributed by atoms with E-state index in [1.54, 1.807) is 0 Å². The largest absolute Gasteiger partial charge is 0.341 e. The van der Waals surface area contributed by atoms with Gasteiger partial charge in [-0.15, -0.1) is 24.8 Å². The van der Waals surface area contributed by atoms with Crippen LogP contribution in [0.4, 0.5) is 0 Å². The molecule has 1 amide bonds. The zero-order valence-electron chi connectivity index (χ0n) is 14.8. The highest BCUT2D eigenvalue weighted by Crippen LogP contribution is 2.20. The normalized spacial score (nSPS) is 22.0.